The lowest BCUT2D eigenvalue weighted by molar-refractivity contribution is 0.0767. The molecule has 1 aliphatic heterocycles. The van der Waals surface area contributed by atoms with Gasteiger partial charge in [-0.1, -0.05) is 29.3 Å². The highest BCUT2D eigenvalue weighted by Gasteiger charge is 2.30. The monoisotopic (exact) mass is 486 g/mol. The standard InChI is InChI=1S/C27H27ClN6O/c1-18-3-11-22(12-4-18)34-26-23(17-29-34)25(30-24(31-26)19-5-6-19)32-13-2-14-33(16-15-32)27(35)20-7-9-21(28)10-8-20/h3-4,7-12,17,19H,2,5-6,13-16H2,1H3. The van der Waals surface area contributed by atoms with E-state index in [0.717, 1.165) is 54.2 Å². The molecule has 2 aliphatic rings. The minimum absolute atomic E-state index is 0.0437. The zero-order chi connectivity index (χ0) is 23.9. The van der Waals surface area contributed by atoms with Crippen LogP contribution in [0.25, 0.3) is 16.7 Å². The summed E-state index contributed by atoms with van der Waals surface area (Å²) in [5.41, 5.74) is 3.72. The molecule has 7 nitrogen and oxygen atoms in total. The Morgan fingerprint density at radius 2 is 1.71 bits per heavy atom. The Bertz CT molecular complexity index is 1380. The zero-order valence-corrected chi connectivity index (χ0v) is 20.4. The summed E-state index contributed by atoms with van der Waals surface area (Å²) in [6.45, 7) is 4.97. The van der Waals surface area contributed by atoms with Crippen molar-refractivity contribution >= 4 is 34.4 Å². The highest BCUT2D eigenvalue weighted by Crippen LogP contribution is 2.40. The Morgan fingerprint density at radius 1 is 0.943 bits per heavy atom. The molecular weight excluding hydrogens is 460 g/mol. The molecule has 178 valence electrons. The van der Waals surface area contributed by atoms with Crippen LogP contribution in [-0.4, -0.2) is 56.7 Å². The van der Waals surface area contributed by atoms with Crippen LogP contribution in [0.15, 0.2) is 54.7 Å². The number of hydrogen-bond acceptors (Lipinski definition) is 5. The number of halogens is 1. The van der Waals surface area contributed by atoms with Gasteiger partial charge in [-0.05, 0) is 62.6 Å². The van der Waals surface area contributed by atoms with Crippen molar-refractivity contribution < 1.29 is 4.79 Å². The number of fused-ring (bicyclic) bond motifs is 1. The first-order valence-electron chi connectivity index (χ1n) is 12.2. The number of anilines is 1. The van der Waals surface area contributed by atoms with Gasteiger partial charge in [0.05, 0.1) is 17.3 Å². The molecule has 2 aromatic heterocycles. The van der Waals surface area contributed by atoms with Gasteiger partial charge >= 0.3 is 0 Å². The van der Waals surface area contributed by atoms with Crippen LogP contribution in [-0.2, 0) is 0 Å². The van der Waals surface area contributed by atoms with Gasteiger partial charge in [0.2, 0.25) is 0 Å². The number of nitrogens with zero attached hydrogens (tertiary/aromatic N) is 6. The van der Waals surface area contributed by atoms with Crippen LogP contribution in [0.5, 0.6) is 0 Å². The number of aryl methyl sites for hydroxylation is 1. The molecule has 0 bridgehead atoms. The van der Waals surface area contributed by atoms with Crippen molar-refractivity contribution in [1.82, 2.24) is 24.6 Å². The first-order valence-corrected chi connectivity index (χ1v) is 12.6. The summed E-state index contributed by atoms with van der Waals surface area (Å²) in [6.07, 6.45) is 5.01. The van der Waals surface area contributed by atoms with Crippen molar-refractivity contribution in [2.24, 2.45) is 0 Å². The first-order chi connectivity index (χ1) is 17.1. The number of benzene rings is 2. The van der Waals surface area contributed by atoms with Crippen LogP contribution in [0.3, 0.4) is 0 Å². The van der Waals surface area contributed by atoms with E-state index in [1.54, 1.807) is 24.3 Å². The summed E-state index contributed by atoms with van der Waals surface area (Å²) < 4.78 is 1.92. The van der Waals surface area contributed by atoms with Crippen LogP contribution in [0.2, 0.25) is 5.02 Å². The molecule has 0 atom stereocenters. The average Bonchev–Trinajstić information content (AvgIpc) is 3.68. The van der Waals surface area contributed by atoms with Gasteiger partial charge in [-0.2, -0.15) is 5.10 Å². The second-order valence-electron chi connectivity index (χ2n) is 9.45. The minimum Gasteiger partial charge on any atom is -0.354 e. The molecule has 0 unspecified atom stereocenters. The van der Waals surface area contributed by atoms with E-state index in [1.807, 2.05) is 15.8 Å². The number of rotatable bonds is 4. The third-order valence-electron chi connectivity index (χ3n) is 6.82. The summed E-state index contributed by atoms with van der Waals surface area (Å²) in [4.78, 5) is 27.3. The molecule has 6 rings (SSSR count). The third kappa shape index (κ3) is 4.36. The topological polar surface area (TPSA) is 67.2 Å². The predicted molar refractivity (Wildman–Crippen MR) is 138 cm³/mol. The fourth-order valence-corrected chi connectivity index (χ4v) is 4.78. The Morgan fingerprint density at radius 3 is 2.46 bits per heavy atom. The van der Waals surface area contributed by atoms with Crippen LogP contribution < -0.4 is 4.90 Å². The fourth-order valence-electron chi connectivity index (χ4n) is 4.66. The summed E-state index contributed by atoms with van der Waals surface area (Å²) in [5.74, 6) is 2.30. The molecule has 2 aromatic carbocycles. The highest BCUT2D eigenvalue weighted by molar-refractivity contribution is 6.30. The van der Waals surface area contributed by atoms with Gasteiger partial charge in [0.1, 0.15) is 11.6 Å². The van der Waals surface area contributed by atoms with Crippen molar-refractivity contribution in [3.8, 4) is 5.69 Å². The van der Waals surface area contributed by atoms with Crippen molar-refractivity contribution in [1.29, 1.82) is 0 Å². The predicted octanol–water partition coefficient (Wildman–Crippen LogP) is 5.01. The van der Waals surface area contributed by atoms with E-state index in [4.69, 9.17) is 26.7 Å². The van der Waals surface area contributed by atoms with Crippen molar-refractivity contribution in [3.05, 3.63) is 76.7 Å². The molecule has 4 aromatic rings. The van der Waals surface area contributed by atoms with Crippen molar-refractivity contribution in [2.75, 3.05) is 31.1 Å². The Kier molecular flexibility index (Phi) is 5.65. The van der Waals surface area contributed by atoms with Gasteiger partial charge in [-0.15, -0.1) is 0 Å². The van der Waals surface area contributed by atoms with Crippen molar-refractivity contribution in [2.45, 2.75) is 32.1 Å². The number of carbonyl (C=O) groups excluding carboxylic acids is 1. The Balaban J connectivity index is 1.31. The lowest BCUT2D eigenvalue weighted by Gasteiger charge is -2.24. The number of aromatic nitrogens is 4. The van der Waals surface area contributed by atoms with Gasteiger partial charge in [-0.3, -0.25) is 4.79 Å². The highest BCUT2D eigenvalue weighted by atomic mass is 35.5. The van der Waals surface area contributed by atoms with Gasteiger partial charge < -0.3 is 9.80 Å². The molecular formula is C27H27ClN6O. The minimum atomic E-state index is 0.0437. The van der Waals surface area contributed by atoms with Gasteiger partial charge in [0.25, 0.3) is 5.91 Å². The van der Waals surface area contributed by atoms with E-state index in [1.165, 1.54) is 5.56 Å². The molecule has 0 spiro atoms. The second-order valence-corrected chi connectivity index (χ2v) is 9.89. The van der Waals surface area contributed by atoms with Gasteiger partial charge in [0, 0.05) is 42.7 Å². The zero-order valence-electron chi connectivity index (χ0n) is 19.7. The lowest BCUT2D eigenvalue weighted by Crippen LogP contribution is -2.35. The lowest BCUT2D eigenvalue weighted by atomic mass is 10.2. The number of hydrogen-bond donors (Lipinski definition) is 0. The molecule has 1 amide bonds. The molecule has 1 saturated carbocycles. The van der Waals surface area contributed by atoms with E-state index in [2.05, 4.69) is 36.1 Å². The smallest absolute Gasteiger partial charge is 0.253 e. The molecule has 2 fully saturated rings. The summed E-state index contributed by atoms with van der Waals surface area (Å²) >= 11 is 6.00. The van der Waals surface area contributed by atoms with Crippen LogP contribution in [0, 0.1) is 6.92 Å². The van der Waals surface area contributed by atoms with Crippen LogP contribution in [0.4, 0.5) is 5.82 Å². The van der Waals surface area contributed by atoms with Crippen LogP contribution >= 0.6 is 11.6 Å². The molecule has 3 heterocycles. The van der Waals surface area contributed by atoms with E-state index in [0.29, 0.717) is 36.1 Å². The van der Waals surface area contributed by atoms with Gasteiger partial charge in [-0.25, -0.2) is 14.6 Å². The first kappa shape index (κ1) is 22.0. The average molecular weight is 487 g/mol. The van der Waals surface area contributed by atoms with E-state index < -0.39 is 0 Å². The largest absolute Gasteiger partial charge is 0.354 e. The number of carbonyl (C=O) groups is 1. The van der Waals surface area contributed by atoms with Crippen LogP contribution in [0.1, 0.15) is 46.9 Å². The molecule has 1 saturated heterocycles. The van der Waals surface area contributed by atoms with Gasteiger partial charge in [0.15, 0.2) is 5.65 Å². The summed E-state index contributed by atoms with van der Waals surface area (Å²) in [5, 5.41) is 6.28. The van der Waals surface area contributed by atoms with E-state index >= 15 is 0 Å². The third-order valence-corrected chi connectivity index (χ3v) is 7.07. The quantitative estimate of drug-likeness (QED) is 0.405. The maximum atomic E-state index is 13.1. The fraction of sp³-hybridized carbons (Fsp3) is 0.333. The molecule has 0 N–H and O–H groups in total. The SMILES string of the molecule is Cc1ccc(-n2ncc3c(N4CCCN(C(=O)c5ccc(Cl)cc5)CC4)nc(C4CC4)nc32)cc1. The Hall–Kier alpha value is -3.45. The normalized spacial score (nSPS) is 16.5. The molecule has 0 radical (unpaired) electrons. The Labute approximate surface area is 209 Å². The molecule has 1 aliphatic carbocycles. The van der Waals surface area contributed by atoms with E-state index in [9.17, 15) is 4.79 Å². The molecule has 35 heavy (non-hydrogen) atoms. The summed E-state index contributed by atoms with van der Waals surface area (Å²) in [6, 6.07) is 15.5. The van der Waals surface area contributed by atoms with Crippen molar-refractivity contribution in [3.63, 3.8) is 0 Å². The number of amides is 1. The summed E-state index contributed by atoms with van der Waals surface area (Å²) in [7, 11) is 0. The van der Waals surface area contributed by atoms with E-state index in [-0.39, 0.29) is 5.91 Å². The maximum Gasteiger partial charge on any atom is 0.253 e. The maximum absolute atomic E-state index is 13.1. The molecule has 8 heteroatoms. The second kappa shape index (κ2) is 8.96.